The first-order valence-electron chi connectivity index (χ1n) is 2.73. The number of halogens is 2. The van der Waals surface area contributed by atoms with Crippen LogP contribution in [-0.2, 0) is 9.53 Å². The van der Waals surface area contributed by atoms with Crippen molar-refractivity contribution in [3.63, 3.8) is 0 Å². The number of nitrogens with two attached hydrogens (primary N) is 1. The molecule has 0 heterocycles. The van der Waals surface area contributed by atoms with E-state index in [2.05, 4.69) is 4.74 Å². The van der Waals surface area contributed by atoms with Crippen molar-refractivity contribution in [3.05, 3.63) is 0 Å². The van der Waals surface area contributed by atoms with Crippen LogP contribution in [0.1, 0.15) is 6.42 Å². The van der Waals surface area contributed by atoms with Crippen LogP contribution in [-0.4, -0.2) is 25.0 Å². The molecule has 2 N–H and O–H groups in total. The lowest BCUT2D eigenvalue weighted by atomic mass is 10.5. The number of hydrogen-bond donors (Lipinski definition) is 1. The van der Waals surface area contributed by atoms with Gasteiger partial charge in [-0.2, -0.15) is 0 Å². The molecule has 0 aromatic rings. The average Bonchev–Trinajstić information content (AvgIpc) is 1.85. The molecule has 0 atom stereocenters. The summed E-state index contributed by atoms with van der Waals surface area (Å²) >= 11 is 5.24. The van der Waals surface area contributed by atoms with E-state index in [0.717, 1.165) is 0 Å². The zero-order valence-corrected chi connectivity index (χ0v) is 7.08. The minimum Gasteiger partial charge on any atom is -0.464 e. The Kier molecular flexibility index (Phi) is 11.4. The van der Waals surface area contributed by atoms with E-state index in [9.17, 15) is 4.79 Å². The Morgan fingerprint density at radius 3 is 2.60 bits per heavy atom. The van der Waals surface area contributed by atoms with Crippen LogP contribution in [0.15, 0.2) is 0 Å². The second-order valence-electron chi connectivity index (χ2n) is 1.45. The molecule has 0 spiro atoms. The van der Waals surface area contributed by atoms with Crippen molar-refractivity contribution in [2.75, 3.05) is 19.0 Å². The highest BCUT2D eigenvalue weighted by molar-refractivity contribution is 6.18. The maximum absolute atomic E-state index is 10.4. The summed E-state index contributed by atoms with van der Waals surface area (Å²) in [5.41, 5.74) is 5.06. The van der Waals surface area contributed by atoms with Gasteiger partial charge in [0, 0.05) is 12.4 Å². The van der Waals surface area contributed by atoms with Gasteiger partial charge >= 0.3 is 5.97 Å². The molecule has 62 valence electrons. The van der Waals surface area contributed by atoms with Gasteiger partial charge in [0.1, 0.15) is 6.61 Å². The number of esters is 1. The molecule has 0 aliphatic carbocycles. The molecular formula is C5H11Cl2NO2. The summed E-state index contributed by atoms with van der Waals surface area (Å²) in [5, 5.41) is 0. The molecule has 0 radical (unpaired) electrons. The Morgan fingerprint density at radius 2 is 2.20 bits per heavy atom. The average molecular weight is 188 g/mol. The molecule has 0 rings (SSSR count). The Hall–Kier alpha value is 0.01000. The van der Waals surface area contributed by atoms with Crippen molar-refractivity contribution in [2.45, 2.75) is 6.42 Å². The molecule has 0 fully saturated rings. The topological polar surface area (TPSA) is 52.3 Å². The number of rotatable bonds is 4. The van der Waals surface area contributed by atoms with Gasteiger partial charge in [0.2, 0.25) is 0 Å². The number of alkyl halides is 1. The standard InChI is InChI=1S/C5H10ClNO2.ClH/c6-2-1-5(8)9-4-3-7;/h1-4,7H2;1H. The van der Waals surface area contributed by atoms with Gasteiger partial charge in [-0.3, -0.25) is 4.79 Å². The summed E-state index contributed by atoms with van der Waals surface area (Å²) in [7, 11) is 0. The van der Waals surface area contributed by atoms with Crippen LogP contribution < -0.4 is 5.73 Å². The van der Waals surface area contributed by atoms with Crippen LogP contribution in [0.2, 0.25) is 0 Å². The normalized spacial score (nSPS) is 8.20. The first kappa shape index (κ1) is 12.7. The second-order valence-corrected chi connectivity index (χ2v) is 1.83. The number of hydrogen-bond acceptors (Lipinski definition) is 3. The zero-order chi connectivity index (χ0) is 7.11. The van der Waals surface area contributed by atoms with Gasteiger partial charge in [0.05, 0.1) is 6.42 Å². The first-order chi connectivity index (χ1) is 4.31. The van der Waals surface area contributed by atoms with Crippen molar-refractivity contribution in [2.24, 2.45) is 5.73 Å². The lowest BCUT2D eigenvalue weighted by molar-refractivity contribution is -0.142. The maximum Gasteiger partial charge on any atom is 0.307 e. The highest BCUT2D eigenvalue weighted by Crippen LogP contribution is 1.87. The molecule has 0 aliphatic heterocycles. The van der Waals surface area contributed by atoms with Gasteiger partial charge in [-0.15, -0.1) is 24.0 Å². The predicted molar refractivity (Wildman–Crippen MR) is 42.6 cm³/mol. The van der Waals surface area contributed by atoms with Gasteiger partial charge in [0.15, 0.2) is 0 Å². The summed E-state index contributed by atoms with van der Waals surface area (Å²) in [6.45, 7) is 0.656. The Bertz CT molecular complexity index is 89.7. The molecule has 0 aromatic carbocycles. The Labute approximate surface area is 71.3 Å². The van der Waals surface area contributed by atoms with E-state index in [1.54, 1.807) is 0 Å². The van der Waals surface area contributed by atoms with Crippen LogP contribution in [0, 0.1) is 0 Å². The highest BCUT2D eigenvalue weighted by Gasteiger charge is 1.97. The SMILES string of the molecule is Cl.NCCOC(=O)CCCl. The monoisotopic (exact) mass is 187 g/mol. The number of carbonyl (C=O) groups excluding carboxylic acids is 1. The molecule has 0 saturated heterocycles. The fourth-order valence-electron chi connectivity index (χ4n) is 0.322. The molecule has 0 amide bonds. The molecule has 0 unspecified atom stereocenters. The summed E-state index contributed by atoms with van der Waals surface area (Å²) in [4.78, 5) is 10.4. The third kappa shape index (κ3) is 8.01. The molecule has 0 saturated carbocycles. The zero-order valence-electron chi connectivity index (χ0n) is 5.51. The van der Waals surface area contributed by atoms with Gasteiger partial charge in [-0.25, -0.2) is 0 Å². The molecule has 0 aromatic heterocycles. The van der Waals surface area contributed by atoms with E-state index in [1.165, 1.54) is 0 Å². The molecule has 5 heteroatoms. The summed E-state index contributed by atoms with van der Waals surface area (Å²) in [5.74, 6) is 0.0269. The van der Waals surface area contributed by atoms with Gasteiger partial charge in [-0.05, 0) is 0 Å². The van der Waals surface area contributed by atoms with Crippen molar-refractivity contribution in [1.82, 2.24) is 0 Å². The van der Waals surface area contributed by atoms with Gasteiger partial charge in [-0.1, -0.05) is 0 Å². The third-order valence-electron chi connectivity index (χ3n) is 0.680. The lowest BCUT2D eigenvalue weighted by Gasteiger charge is -1.98. The maximum atomic E-state index is 10.4. The summed E-state index contributed by atoms with van der Waals surface area (Å²) in [6.07, 6.45) is 0.265. The van der Waals surface area contributed by atoms with Crippen LogP contribution in [0.3, 0.4) is 0 Å². The summed E-state index contributed by atoms with van der Waals surface area (Å²) in [6, 6.07) is 0. The fraction of sp³-hybridized carbons (Fsp3) is 0.800. The van der Waals surface area contributed by atoms with Crippen molar-refractivity contribution in [1.29, 1.82) is 0 Å². The van der Waals surface area contributed by atoms with E-state index in [-0.39, 0.29) is 31.4 Å². The van der Waals surface area contributed by atoms with Crippen LogP contribution in [0.5, 0.6) is 0 Å². The molecule has 0 aliphatic rings. The smallest absolute Gasteiger partial charge is 0.307 e. The number of carbonyl (C=O) groups is 1. The third-order valence-corrected chi connectivity index (χ3v) is 0.868. The quantitative estimate of drug-likeness (QED) is 0.517. The molecular weight excluding hydrogens is 177 g/mol. The van der Waals surface area contributed by atoms with Crippen molar-refractivity contribution >= 4 is 30.0 Å². The molecule has 3 nitrogen and oxygen atoms in total. The van der Waals surface area contributed by atoms with E-state index >= 15 is 0 Å². The Morgan fingerprint density at radius 1 is 1.60 bits per heavy atom. The second kappa shape index (κ2) is 9.01. The minimum absolute atomic E-state index is 0. The first-order valence-corrected chi connectivity index (χ1v) is 3.26. The minimum atomic E-state index is -0.282. The number of ether oxygens (including phenoxy) is 1. The molecule has 0 bridgehead atoms. The summed E-state index contributed by atoms with van der Waals surface area (Å²) < 4.78 is 4.58. The van der Waals surface area contributed by atoms with Crippen LogP contribution >= 0.6 is 24.0 Å². The fourth-order valence-corrected chi connectivity index (χ4v) is 0.476. The molecule has 10 heavy (non-hydrogen) atoms. The highest BCUT2D eigenvalue weighted by atomic mass is 35.5. The lowest BCUT2D eigenvalue weighted by Crippen LogP contribution is -2.13. The Balaban J connectivity index is 0. The van der Waals surface area contributed by atoms with E-state index in [0.29, 0.717) is 12.4 Å². The van der Waals surface area contributed by atoms with E-state index in [4.69, 9.17) is 17.3 Å². The predicted octanol–water partition coefficient (Wildman–Crippen LogP) is 0.539. The largest absolute Gasteiger partial charge is 0.464 e. The van der Waals surface area contributed by atoms with E-state index in [1.807, 2.05) is 0 Å². The van der Waals surface area contributed by atoms with Gasteiger partial charge < -0.3 is 10.5 Å². The van der Waals surface area contributed by atoms with E-state index < -0.39 is 0 Å². The van der Waals surface area contributed by atoms with Crippen LogP contribution in [0.25, 0.3) is 0 Å². The van der Waals surface area contributed by atoms with Crippen molar-refractivity contribution in [3.8, 4) is 0 Å². The van der Waals surface area contributed by atoms with Crippen LogP contribution in [0.4, 0.5) is 0 Å². The van der Waals surface area contributed by atoms with Gasteiger partial charge in [0.25, 0.3) is 0 Å². The van der Waals surface area contributed by atoms with Crippen molar-refractivity contribution < 1.29 is 9.53 Å².